The lowest BCUT2D eigenvalue weighted by Gasteiger charge is -2.24. The van der Waals surface area contributed by atoms with Gasteiger partial charge in [0.15, 0.2) is 0 Å². The minimum absolute atomic E-state index is 0.0278. The standard InChI is InChI=1S/C27H32N2O5/c1-17(14-25(30)29-24(15-26(31)32)18-8-2-3-9-18)28-27(33)34-16-23-21-12-6-4-10-19(21)20-11-5-7-13-22(20)23/h4-7,10-13,17-18,23-24H,2-3,8-9,14-16H2,1H3,(H,28,33)(H,29,30)(H,31,32)/t17-,24?/m1/s1. The number of rotatable bonds is 9. The molecule has 2 aromatic carbocycles. The van der Waals surface area contributed by atoms with Gasteiger partial charge in [0.05, 0.1) is 6.42 Å². The number of hydrogen-bond acceptors (Lipinski definition) is 4. The van der Waals surface area contributed by atoms with Crippen molar-refractivity contribution >= 4 is 18.0 Å². The average molecular weight is 465 g/mol. The summed E-state index contributed by atoms with van der Waals surface area (Å²) in [6.07, 6.45) is 3.42. The predicted octanol–water partition coefficient (Wildman–Crippen LogP) is 4.45. The van der Waals surface area contributed by atoms with Crippen LogP contribution in [0.25, 0.3) is 11.1 Å². The summed E-state index contributed by atoms with van der Waals surface area (Å²) in [5.74, 6) is -1.00. The summed E-state index contributed by atoms with van der Waals surface area (Å²) in [7, 11) is 0. The molecule has 7 nitrogen and oxygen atoms in total. The van der Waals surface area contributed by atoms with E-state index in [2.05, 4.69) is 34.9 Å². The van der Waals surface area contributed by atoms with Crippen LogP contribution < -0.4 is 10.6 Å². The maximum Gasteiger partial charge on any atom is 0.407 e. The summed E-state index contributed by atoms with van der Waals surface area (Å²) in [4.78, 5) is 36.2. The number of carboxylic acid groups (broad SMARTS) is 1. The molecule has 2 amide bonds. The minimum atomic E-state index is -0.915. The number of carbonyl (C=O) groups excluding carboxylic acids is 2. The summed E-state index contributed by atoms with van der Waals surface area (Å²) in [6, 6.07) is 15.5. The first-order valence-corrected chi connectivity index (χ1v) is 12.0. The number of hydrogen-bond donors (Lipinski definition) is 3. The molecule has 0 heterocycles. The number of ether oxygens (including phenoxy) is 1. The van der Waals surface area contributed by atoms with Gasteiger partial charge in [-0.25, -0.2) is 4.79 Å². The maximum atomic E-state index is 12.5. The first-order chi connectivity index (χ1) is 16.4. The van der Waals surface area contributed by atoms with Crippen molar-refractivity contribution in [2.75, 3.05) is 6.61 Å². The van der Waals surface area contributed by atoms with Crippen LogP contribution in [0.5, 0.6) is 0 Å². The zero-order valence-corrected chi connectivity index (χ0v) is 19.5. The van der Waals surface area contributed by atoms with Crippen LogP contribution in [0.4, 0.5) is 4.79 Å². The van der Waals surface area contributed by atoms with Gasteiger partial charge < -0.3 is 20.5 Å². The third-order valence-electron chi connectivity index (χ3n) is 6.91. The van der Waals surface area contributed by atoms with Crippen molar-refractivity contribution in [1.82, 2.24) is 10.6 Å². The van der Waals surface area contributed by atoms with Crippen LogP contribution in [0.2, 0.25) is 0 Å². The summed E-state index contributed by atoms with van der Waals surface area (Å²) < 4.78 is 5.55. The van der Waals surface area contributed by atoms with Gasteiger partial charge in [0, 0.05) is 24.4 Å². The SMILES string of the molecule is C[C@H](CC(=O)NC(CC(=O)O)C1CCCC1)NC(=O)OCC1c2ccccc2-c2ccccc21. The Bertz CT molecular complexity index is 1000. The fraction of sp³-hybridized carbons (Fsp3) is 0.444. The number of alkyl carbamates (subject to hydrolysis) is 1. The van der Waals surface area contributed by atoms with Crippen LogP contribution in [0.3, 0.4) is 0 Å². The molecule has 2 aliphatic carbocycles. The van der Waals surface area contributed by atoms with Crippen molar-refractivity contribution in [3.63, 3.8) is 0 Å². The molecular weight excluding hydrogens is 432 g/mol. The van der Waals surface area contributed by atoms with Crippen LogP contribution in [0.15, 0.2) is 48.5 Å². The van der Waals surface area contributed by atoms with E-state index in [1.165, 1.54) is 0 Å². The van der Waals surface area contributed by atoms with Crippen molar-refractivity contribution in [3.05, 3.63) is 59.7 Å². The van der Waals surface area contributed by atoms with Crippen molar-refractivity contribution < 1.29 is 24.2 Å². The molecule has 1 unspecified atom stereocenters. The lowest BCUT2D eigenvalue weighted by molar-refractivity contribution is -0.138. The molecular formula is C27H32N2O5. The van der Waals surface area contributed by atoms with E-state index >= 15 is 0 Å². The van der Waals surface area contributed by atoms with Crippen molar-refractivity contribution in [2.24, 2.45) is 5.92 Å². The minimum Gasteiger partial charge on any atom is -0.481 e. The van der Waals surface area contributed by atoms with E-state index in [1.54, 1.807) is 6.92 Å². The molecule has 1 saturated carbocycles. The lowest BCUT2D eigenvalue weighted by atomic mass is 9.95. The number of amides is 2. The van der Waals surface area contributed by atoms with Gasteiger partial charge in [-0.3, -0.25) is 9.59 Å². The Kier molecular flexibility index (Phi) is 7.50. The zero-order chi connectivity index (χ0) is 24.1. The first-order valence-electron chi connectivity index (χ1n) is 12.0. The highest BCUT2D eigenvalue weighted by atomic mass is 16.5. The molecule has 0 aliphatic heterocycles. The normalized spacial score (nSPS) is 16.9. The van der Waals surface area contributed by atoms with Gasteiger partial charge >= 0.3 is 12.1 Å². The second-order valence-corrected chi connectivity index (χ2v) is 9.39. The fourth-order valence-corrected chi connectivity index (χ4v) is 5.32. The molecule has 3 N–H and O–H groups in total. The second-order valence-electron chi connectivity index (χ2n) is 9.39. The van der Waals surface area contributed by atoms with Gasteiger partial charge in [0.25, 0.3) is 0 Å². The fourth-order valence-electron chi connectivity index (χ4n) is 5.32. The highest BCUT2D eigenvalue weighted by molar-refractivity contribution is 5.80. The monoisotopic (exact) mass is 464 g/mol. The zero-order valence-electron chi connectivity index (χ0n) is 19.5. The first kappa shape index (κ1) is 23.8. The van der Waals surface area contributed by atoms with Crippen LogP contribution in [-0.4, -0.2) is 41.8 Å². The van der Waals surface area contributed by atoms with E-state index in [0.29, 0.717) is 0 Å². The summed E-state index contributed by atoms with van der Waals surface area (Å²) in [6.45, 7) is 1.95. The molecule has 7 heteroatoms. The van der Waals surface area contributed by atoms with Crippen LogP contribution in [-0.2, 0) is 14.3 Å². The summed E-state index contributed by atoms with van der Waals surface area (Å²) in [5.41, 5.74) is 4.60. The van der Waals surface area contributed by atoms with Crippen molar-refractivity contribution in [2.45, 2.75) is 63.5 Å². The van der Waals surface area contributed by atoms with Crippen LogP contribution >= 0.6 is 0 Å². The van der Waals surface area contributed by atoms with E-state index in [1.807, 2.05) is 24.3 Å². The molecule has 0 saturated heterocycles. The third kappa shape index (κ3) is 5.58. The highest BCUT2D eigenvalue weighted by Gasteiger charge is 2.30. The van der Waals surface area contributed by atoms with E-state index < -0.39 is 18.1 Å². The molecule has 4 rings (SSSR count). The number of nitrogens with one attached hydrogen (secondary N) is 2. The summed E-state index contributed by atoms with van der Waals surface area (Å²) >= 11 is 0. The van der Waals surface area contributed by atoms with Gasteiger partial charge in [-0.1, -0.05) is 61.4 Å². The predicted molar refractivity (Wildman–Crippen MR) is 128 cm³/mol. The molecule has 2 aliphatic rings. The lowest BCUT2D eigenvalue weighted by Crippen LogP contribution is -2.44. The number of aliphatic carboxylic acids is 1. The van der Waals surface area contributed by atoms with Gasteiger partial charge in [-0.2, -0.15) is 0 Å². The smallest absolute Gasteiger partial charge is 0.407 e. The Morgan fingerprint density at radius 2 is 1.53 bits per heavy atom. The number of fused-ring (bicyclic) bond motifs is 3. The number of carboxylic acids is 1. The Morgan fingerprint density at radius 1 is 0.941 bits per heavy atom. The van der Waals surface area contributed by atoms with Gasteiger partial charge in [0.1, 0.15) is 6.61 Å². The maximum absolute atomic E-state index is 12.5. The number of benzene rings is 2. The van der Waals surface area contributed by atoms with Crippen LogP contribution in [0.1, 0.15) is 62.5 Å². The topological polar surface area (TPSA) is 105 Å². The number of carbonyl (C=O) groups is 3. The Balaban J connectivity index is 1.28. The molecule has 0 spiro atoms. The highest BCUT2D eigenvalue weighted by Crippen LogP contribution is 2.44. The molecule has 0 radical (unpaired) electrons. The summed E-state index contributed by atoms with van der Waals surface area (Å²) in [5, 5.41) is 14.8. The molecule has 34 heavy (non-hydrogen) atoms. The Hall–Kier alpha value is -3.35. The van der Waals surface area contributed by atoms with Gasteiger partial charge in [-0.15, -0.1) is 0 Å². The van der Waals surface area contributed by atoms with E-state index in [9.17, 15) is 19.5 Å². The Morgan fingerprint density at radius 3 is 2.12 bits per heavy atom. The molecule has 0 aromatic heterocycles. The second kappa shape index (κ2) is 10.7. The average Bonchev–Trinajstić information content (AvgIpc) is 3.44. The molecule has 180 valence electrons. The third-order valence-corrected chi connectivity index (χ3v) is 6.91. The Labute approximate surface area is 199 Å². The van der Waals surface area contributed by atoms with E-state index in [4.69, 9.17) is 4.74 Å². The van der Waals surface area contributed by atoms with E-state index in [-0.39, 0.29) is 43.2 Å². The van der Waals surface area contributed by atoms with E-state index in [0.717, 1.165) is 47.9 Å². The van der Waals surface area contributed by atoms with Crippen molar-refractivity contribution in [1.29, 1.82) is 0 Å². The molecule has 2 atom stereocenters. The molecule has 1 fully saturated rings. The molecule has 0 bridgehead atoms. The van der Waals surface area contributed by atoms with Crippen LogP contribution in [0, 0.1) is 5.92 Å². The quantitative estimate of drug-likeness (QED) is 0.508. The van der Waals surface area contributed by atoms with Crippen molar-refractivity contribution in [3.8, 4) is 11.1 Å². The van der Waals surface area contributed by atoms with Gasteiger partial charge in [-0.05, 0) is 47.9 Å². The van der Waals surface area contributed by atoms with Gasteiger partial charge in [0.2, 0.25) is 5.91 Å². The largest absolute Gasteiger partial charge is 0.481 e. The molecule has 2 aromatic rings.